The van der Waals surface area contributed by atoms with Crippen molar-refractivity contribution in [3.05, 3.63) is 57.8 Å². The van der Waals surface area contributed by atoms with Crippen LogP contribution in [-0.4, -0.2) is 41.6 Å². The molecule has 1 fully saturated rings. The van der Waals surface area contributed by atoms with E-state index in [1.54, 1.807) is 11.8 Å². The Labute approximate surface area is 154 Å². The number of rotatable bonds is 4. The zero-order valence-corrected chi connectivity index (χ0v) is 14.8. The molecule has 0 saturated carbocycles. The molecule has 0 bridgehead atoms. The van der Waals surface area contributed by atoms with E-state index in [1.165, 1.54) is 24.5 Å². The molecule has 1 aromatic heterocycles. The van der Waals surface area contributed by atoms with Gasteiger partial charge in [-0.15, -0.1) is 0 Å². The number of carbonyl (C=O) groups excluding carboxylic acids is 1. The molecule has 2 aromatic rings. The van der Waals surface area contributed by atoms with Crippen molar-refractivity contribution in [1.82, 2.24) is 4.90 Å². The van der Waals surface area contributed by atoms with Crippen molar-refractivity contribution in [2.24, 2.45) is 0 Å². The van der Waals surface area contributed by atoms with Gasteiger partial charge in [-0.05, 0) is 19.1 Å². The number of nitrogens with zero attached hydrogens (tertiary/aromatic N) is 1. The van der Waals surface area contributed by atoms with Crippen LogP contribution >= 0.6 is 11.6 Å². The molecule has 1 N–H and O–H groups in total. The summed E-state index contributed by atoms with van der Waals surface area (Å²) in [4.78, 5) is 25.5. The van der Waals surface area contributed by atoms with Crippen LogP contribution in [0.25, 0.3) is 0 Å². The number of aryl methyl sites for hydroxylation is 1. The van der Waals surface area contributed by atoms with Gasteiger partial charge in [0.05, 0.1) is 25.0 Å². The number of amides is 1. The summed E-state index contributed by atoms with van der Waals surface area (Å²) < 4.78 is 24.2. The van der Waals surface area contributed by atoms with Gasteiger partial charge in [-0.25, -0.2) is 4.39 Å². The van der Waals surface area contributed by atoms with Crippen LogP contribution in [0.2, 0.25) is 5.02 Å². The average molecular weight is 382 g/mol. The first kappa shape index (κ1) is 18.4. The molecular formula is C18H17ClFNO5. The van der Waals surface area contributed by atoms with Crippen LogP contribution in [-0.2, 0) is 16.0 Å². The quantitative estimate of drug-likeness (QED) is 0.879. The van der Waals surface area contributed by atoms with Gasteiger partial charge in [-0.2, -0.15) is 0 Å². The first-order valence-electron chi connectivity index (χ1n) is 8.01. The number of carbonyl (C=O) groups is 2. The van der Waals surface area contributed by atoms with Gasteiger partial charge in [0.15, 0.2) is 0 Å². The molecule has 1 saturated heterocycles. The number of carboxylic acids is 1. The highest BCUT2D eigenvalue weighted by atomic mass is 35.5. The second-order valence-electron chi connectivity index (χ2n) is 6.06. The second kappa shape index (κ2) is 7.47. The Hall–Kier alpha value is -2.38. The number of halogens is 2. The van der Waals surface area contributed by atoms with Gasteiger partial charge >= 0.3 is 5.97 Å². The minimum Gasteiger partial charge on any atom is -0.481 e. The lowest BCUT2D eigenvalue weighted by Crippen LogP contribution is -2.42. The van der Waals surface area contributed by atoms with Crippen LogP contribution in [0.3, 0.4) is 0 Å². The Kier molecular flexibility index (Phi) is 5.29. The summed E-state index contributed by atoms with van der Waals surface area (Å²) >= 11 is 6.09. The van der Waals surface area contributed by atoms with E-state index in [9.17, 15) is 14.0 Å². The molecule has 1 aliphatic heterocycles. The maximum Gasteiger partial charge on any atom is 0.311 e. The summed E-state index contributed by atoms with van der Waals surface area (Å²) in [7, 11) is 0. The molecule has 0 aliphatic carbocycles. The topological polar surface area (TPSA) is 80.0 Å². The summed E-state index contributed by atoms with van der Waals surface area (Å²) in [5, 5.41) is 9.22. The fourth-order valence-electron chi connectivity index (χ4n) is 3.00. The third-order valence-electron chi connectivity index (χ3n) is 4.24. The van der Waals surface area contributed by atoms with E-state index in [-0.39, 0.29) is 41.8 Å². The molecule has 6 nitrogen and oxygen atoms in total. The van der Waals surface area contributed by atoms with Gasteiger partial charge in [-0.1, -0.05) is 17.7 Å². The molecule has 1 unspecified atom stereocenters. The Morgan fingerprint density at radius 2 is 2.19 bits per heavy atom. The molecule has 0 radical (unpaired) electrons. The molecule has 26 heavy (non-hydrogen) atoms. The lowest BCUT2D eigenvalue weighted by atomic mass is 10.0. The van der Waals surface area contributed by atoms with Gasteiger partial charge < -0.3 is 19.2 Å². The number of furan rings is 1. The van der Waals surface area contributed by atoms with E-state index in [4.69, 9.17) is 25.9 Å². The van der Waals surface area contributed by atoms with E-state index in [2.05, 4.69) is 0 Å². The Balaban J connectivity index is 1.83. The zero-order valence-electron chi connectivity index (χ0n) is 14.0. The summed E-state index contributed by atoms with van der Waals surface area (Å²) in [5.41, 5.74) is 1.44. The van der Waals surface area contributed by atoms with Crippen molar-refractivity contribution in [3.8, 4) is 0 Å². The minimum atomic E-state index is -1.08. The number of aliphatic carboxylic acids is 1. The van der Waals surface area contributed by atoms with E-state index in [1.807, 2.05) is 0 Å². The molecule has 1 atom stereocenters. The maximum absolute atomic E-state index is 13.3. The fourth-order valence-corrected chi connectivity index (χ4v) is 3.28. The van der Waals surface area contributed by atoms with Crippen molar-refractivity contribution in [2.45, 2.75) is 19.4 Å². The number of ether oxygens (including phenoxy) is 1. The van der Waals surface area contributed by atoms with Crippen molar-refractivity contribution >= 4 is 23.5 Å². The Morgan fingerprint density at radius 3 is 2.88 bits per heavy atom. The molecule has 2 heterocycles. The molecule has 1 aliphatic rings. The van der Waals surface area contributed by atoms with E-state index in [0.717, 1.165) is 0 Å². The standard InChI is InChI=1S/C18H17ClFNO5/c1-10-9-26-14(7-16(22)23)17(10)18(24)21-4-5-25-15(8-21)12-3-2-11(20)6-13(12)19/h2-3,6,9,15H,4-5,7-8H2,1H3,(H,22,23). The van der Waals surface area contributed by atoms with E-state index in [0.29, 0.717) is 17.7 Å². The summed E-state index contributed by atoms with van der Waals surface area (Å²) in [6.45, 7) is 2.55. The van der Waals surface area contributed by atoms with Gasteiger partial charge in [0.25, 0.3) is 5.91 Å². The van der Waals surface area contributed by atoms with Crippen molar-refractivity contribution in [2.75, 3.05) is 19.7 Å². The first-order chi connectivity index (χ1) is 12.4. The predicted molar refractivity (Wildman–Crippen MR) is 90.8 cm³/mol. The summed E-state index contributed by atoms with van der Waals surface area (Å²) in [6.07, 6.45) is 0.517. The lowest BCUT2D eigenvalue weighted by Gasteiger charge is -2.33. The van der Waals surface area contributed by atoms with Gasteiger partial charge in [-0.3, -0.25) is 9.59 Å². The predicted octanol–water partition coefficient (Wildman–Crippen LogP) is 3.22. The van der Waals surface area contributed by atoms with Gasteiger partial charge in [0.2, 0.25) is 0 Å². The molecule has 0 spiro atoms. The number of hydrogen-bond donors (Lipinski definition) is 1. The third kappa shape index (κ3) is 3.73. The molecule has 1 amide bonds. The normalized spacial score (nSPS) is 17.3. The van der Waals surface area contributed by atoms with Crippen molar-refractivity contribution < 1.29 is 28.2 Å². The number of carboxylic acid groups (broad SMARTS) is 1. The van der Waals surface area contributed by atoms with Crippen LogP contribution in [0.4, 0.5) is 4.39 Å². The van der Waals surface area contributed by atoms with Gasteiger partial charge in [0, 0.05) is 22.7 Å². The van der Waals surface area contributed by atoms with Crippen LogP contribution < -0.4 is 0 Å². The molecule has 3 rings (SSSR count). The van der Waals surface area contributed by atoms with Crippen LogP contribution in [0.1, 0.15) is 33.3 Å². The summed E-state index contributed by atoms with van der Waals surface area (Å²) in [6, 6.07) is 4.03. The molecular weight excluding hydrogens is 365 g/mol. The Bertz CT molecular complexity index is 850. The molecule has 8 heteroatoms. The monoisotopic (exact) mass is 381 g/mol. The van der Waals surface area contributed by atoms with E-state index >= 15 is 0 Å². The van der Waals surface area contributed by atoms with Crippen LogP contribution in [0, 0.1) is 12.7 Å². The first-order valence-corrected chi connectivity index (χ1v) is 8.39. The van der Waals surface area contributed by atoms with Crippen molar-refractivity contribution in [3.63, 3.8) is 0 Å². The lowest BCUT2D eigenvalue weighted by molar-refractivity contribution is -0.136. The van der Waals surface area contributed by atoms with Gasteiger partial charge in [0.1, 0.15) is 24.1 Å². The second-order valence-corrected chi connectivity index (χ2v) is 6.47. The minimum absolute atomic E-state index is 0.128. The highest BCUT2D eigenvalue weighted by molar-refractivity contribution is 6.31. The SMILES string of the molecule is Cc1coc(CC(=O)O)c1C(=O)N1CCOC(c2ccc(F)cc2Cl)C1. The average Bonchev–Trinajstić information content (AvgIpc) is 2.94. The zero-order chi connectivity index (χ0) is 18.8. The van der Waals surface area contributed by atoms with Crippen LogP contribution in [0.15, 0.2) is 28.9 Å². The largest absolute Gasteiger partial charge is 0.481 e. The van der Waals surface area contributed by atoms with E-state index < -0.39 is 17.9 Å². The highest BCUT2D eigenvalue weighted by Gasteiger charge is 2.31. The molecule has 138 valence electrons. The fraction of sp³-hybridized carbons (Fsp3) is 0.333. The number of morpholine rings is 1. The number of hydrogen-bond acceptors (Lipinski definition) is 4. The third-order valence-corrected chi connectivity index (χ3v) is 4.57. The molecule has 1 aromatic carbocycles. The van der Waals surface area contributed by atoms with Crippen LogP contribution in [0.5, 0.6) is 0 Å². The summed E-state index contributed by atoms with van der Waals surface area (Å²) in [5.74, 6) is -1.72. The van der Waals surface area contributed by atoms with Crippen molar-refractivity contribution in [1.29, 1.82) is 0 Å². The smallest absolute Gasteiger partial charge is 0.311 e. The number of benzene rings is 1. The Morgan fingerprint density at radius 1 is 1.42 bits per heavy atom. The maximum atomic E-state index is 13.3. The highest BCUT2D eigenvalue weighted by Crippen LogP contribution is 2.30.